The third-order valence-electron chi connectivity index (χ3n) is 4.18. The summed E-state index contributed by atoms with van der Waals surface area (Å²) >= 11 is 11.9. The highest BCUT2D eigenvalue weighted by molar-refractivity contribution is 6.35. The van der Waals surface area contributed by atoms with Crippen LogP contribution < -0.4 is 10.7 Å². The molecular weight excluding hydrogens is 428 g/mol. The van der Waals surface area contributed by atoms with E-state index in [1.165, 1.54) is 30.3 Å². The molecule has 0 bridgehead atoms. The van der Waals surface area contributed by atoms with Gasteiger partial charge in [0, 0.05) is 10.7 Å². The molecule has 0 saturated carbocycles. The van der Waals surface area contributed by atoms with Gasteiger partial charge in [0.05, 0.1) is 21.9 Å². The van der Waals surface area contributed by atoms with E-state index < -0.39 is 17.6 Å². The molecule has 0 aromatic heterocycles. The molecule has 0 spiro atoms. The molecule has 0 radical (unpaired) electrons. The number of rotatable bonds is 5. The number of hydrazone groups is 1. The van der Waals surface area contributed by atoms with Crippen molar-refractivity contribution in [1.29, 1.82) is 0 Å². The van der Waals surface area contributed by atoms with Crippen LogP contribution in [0.15, 0.2) is 71.8 Å². The minimum atomic E-state index is -0.592. The molecule has 152 valence electrons. The van der Waals surface area contributed by atoms with Gasteiger partial charge in [0.1, 0.15) is 5.82 Å². The second-order valence-corrected chi connectivity index (χ2v) is 7.12. The summed E-state index contributed by atoms with van der Waals surface area (Å²) in [6.45, 7) is 1.72. The quantitative estimate of drug-likeness (QED) is 0.401. The van der Waals surface area contributed by atoms with E-state index in [1.54, 1.807) is 43.3 Å². The minimum absolute atomic E-state index is 0.0401. The number of hydrogen-bond donors (Lipinski definition) is 2. The van der Waals surface area contributed by atoms with E-state index in [1.807, 2.05) is 0 Å². The molecule has 2 amide bonds. The molecule has 0 unspecified atom stereocenters. The van der Waals surface area contributed by atoms with Crippen LogP contribution in [0.25, 0.3) is 0 Å². The average molecular weight is 444 g/mol. The monoisotopic (exact) mass is 443 g/mol. The zero-order chi connectivity index (χ0) is 21.7. The molecule has 3 rings (SSSR count). The third kappa shape index (κ3) is 5.23. The molecule has 0 heterocycles. The Hall–Kier alpha value is -3.22. The zero-order valence-electron chi connectivity index (χ0n) is 15.7. The Morgan fingerprint density at radius 2 is 1.60 bits per heavy atom. The Labute approximate surface area is 182 Å². The number of nitrogens with zero attached hydrogens (tertiary/aromatic N) is 1. The van der Waals surface area contributed by atoms with Crippen LogP contribution in [0.5, 0.6) is 0 Å². The molecule has 3 aromatic rings. The fourth-order valence-corrected chi connectivity index (χ4v) is 2.94. The largest absolute Gasteiger partial charge is 0.322 e. The standard InChI is InChI=1S/C22H16Cl2FN3O2/c1-13(27-28-22(30)18-12-15(23)8-11-19(18)24)14-6-9-16(10-7-14)26-21(29)17-4-2-3-5-20(17)25/h2-12H,1H3,(H,26,29)(H,28,30)/b27-13+. The van der Waals surface area contributed by atoms with Gasteiger partial charge in [0.15, 0.2) is 0 Å². The molecule has 0 aliphatic heterocycles. The number of hydrogen-bond acceptors (Lipinski definition) is 3. The molecule has 0 atom stereocenters. The number of anilines is 1. The first-order valence-corrected chi connectivity index (χ1v) is 9.57. The predicted molar refractivity (Wildman–Crippen MR) is 117 cm³/mol. The summed E-state index contributed by atoms with van der Waals surface area (Å²) < 4.78 is 13.7. The Morgan fingerprint density at radius 1 is 0.900 bits per heavy atom. The molecule has 0 aliphatic carbocycles. The lowest BCUT2D eigenvalue weighted by atomic mass is 10.1. The van der Waals surface area contributed by atoms with Crippen molar-refractivity contribution < 1.29 is 14.0 Å². The van der Waals surface area contributed by atoms with Gasteiger partial charge < -0.3 is 5.32 Å². The van der Waals surface area contributed by atoms with Gasteiger partial charge in [0.2, 0.25) is 0 Å². The number of carbonyl (C=O) groups excluding carboxylic acids is 2. The Morgan fingerprint density at radius 3 is 2.30 bits per heavy atom. The van der Waals surface area contributed by atoms with Crippen LogP contribution in [0.2, 0.25) is 10.0 Å². The topological polar surface area (TPSA) is 70.6 Å². The van der Waals surface area contributed by atoms with Crippen LogP contribution in [-0.4, -0.2) is 17.5 Å². The van der Waals surface area contributed by atoms with Crippen molar-refractivity contribution in [3.63, 3.8) is 0 Å². The summed E-state index contributed by atoms with van der Waals surface area (Å²) in [6, 6.07) is 17.1. The van der Waals surface area contributed by atoms with E-state index in [0.717, 1.165) is 5.56 Å². The van der Waals surface area contributed by atoms with Crippen molar-refractivity contribution in [2.75, 3.05) is 5.32 Å². The molecule has 30 heavy (non-hydrogen) atoms. The number of nitrogens with one attached hydrogen (secondary N) is 2. The highest BCUT2D eigenvalue weighted by Crippen LogP contribution is 2.20. The Balaban J connectivity index is 1.66. The summed E-state index contributed by atoms with van der Waals surface area (Å²) in [4.78, 5) is 24.4. The van der Waals surface area contributed by atoms with E-state index in [0.29, 0.717) is 16.4 Å². The molecule has 3 aromatic carbocycles. The van der Waals surface area contributed by atoms with Gasteiger partial charge in [0.25, 0.3) is 11.8 Å². The van der Waals surface area contributed by atoms with E-state index in [4.69, 9.17) is 23.2 Å². The maximum absolute atomic E-state index is 13.7. The van der Waals surface area contributed by atoms with Gasteiger partial charge in [-0.15, -0.1) is 0 Å². The number of amides is 2. The first-order valence-electron chi connectivity index (χ1n) is 8.81. The predicted octanol–water partition coefficient (Wildman–Crippen LogP) is 5.54. The SMILES string of the molecule is C/C(=N\NC(=O)c1cc(Cl)ccc1Cl)c1ccc(NC(=O)c2ccccc2F)cc1. The van der Waals surface area contributed by atoms with Crippen molar-refractivity contribution in [2.45, 2.75) is 6.92 Å². The Kier molecular flexibility index (Phi) is 6.82. The molecule has 0 aliphatic rings. The van der Waals surface area contributed by atoms with E-state index >= 15 is 0 Å². The van der Waals surface area contributed by atoms with Crippen molar-refractivity contribution in [1.82, 2.24) is 5.43 Å². The lowest BCUT2D eigenvalue weighted by molar-refractivity contribution is 0.0954. The lowest BCUT2D eigenvalue weighted by Gasteiger charge is -2.08. The van der Waals surface area contributed by atoms with Gasteiger partial charge in [-0.3, -0.25) is 9.59 Å². The molecule has 2 N–H and O–H groups in total. The first-order chi connectivity index (χ1) is 14.3. The third-order valence-corrected chi connectivity index (χ3v) is 4.74. The summed E-state index contributed by atoms with van der Waals surface area (Å²) in [5.74, 6) is -1.63. The maximum Gasteiger partial charge on any atom is 0.272 e. The molecule has 0 saturated heterocycles. The van der Waals surface area contributed by atoms with Crippen LogP contribution >= 0.6 is 23.2 Å². The maximum atomic E-state index is 13.7. The van der Waals surface area contributed by atoms with Gasteiger partial charge in [-0.2, -0.15) is 5.10 Å². The number of halogens is 3. The molecule has 8 heteroatoms. The first kappa shape index (κ1) is 21.5. The molecule has 5 nitrogen and oxygen atoms in total. The van der Waals surface area contributed by atoms with E-state index in [-0.39, 0.29) is 16.1 Å². The van der Waals surface area contributed by atoms with Gasteiger partial charge in [-0.05, 0) is 55.0 Å². The number of benzene rings is 3. The highest BCUT2D eigenvalue weighted by Gasteiger charge is 2.12. The smallest absolute Gasteiger partial charge is 0.272 e. The van der Waals surface area contributed by atoms with Crippen LogP contribution in [-0.2, 0) is 0 Å². The average Bonchev–Trinajstić information content (AvgIpc) is 2.74. The van der Waals surface area contributed by atoms with Crippen LogP contribution in [0.4, 0.5) is 10.1 Å². The zero-order valence-corrected chi connectivity index (χ0v) is 17.3. The van der Waals surface area contributed by atoms with Gasteiger partial charge in [-0.1, -0.05) is 47.5 Å². The van der Waals surface area contributed by atoms with E-state index in [2.05, 4.69) is 15.8 Å². The normalized spacial score (nSPS) is 11.1. The fraction of sp³-hybridized carbons (Fsp3) is 0.0455. The van der Waals surface area contributed by atoms with Crippen molar-refractivity contribution in [3.8, 4) is 0 Å². The summed E-state index contributed by atoms with van der Waals surface area (Å²) in [6.07, 6.45) is 0. The van der Waals surface area contributed by atoms with Crippen LogP contribution in [0.1, 0.15) is 33.2 Å². The summed E-state index contributed by atoms with van der Waals surface area (Å²) in [5.41, 5.74) is 4.36. The lowest BCUT2D eigenvalue weighted by Crippen LogP contribution is -2.19. The van der Waals surface area contributed by atoms with Crippen LogP contribution in [0, 0.1) is 5.82 Å². The van der Waals surface area contributed by atoms with Gasteiger partial charge >= 0.3 is 0 Å². The number of carbonyl (C=O) groups is 2. The fourth-order valence-electron chi connectivity index (χ4n) is 2.57. The summed E-state index contributed by atoms with van der Waals surface area (Å²) in [7, 11) is 0. The van der Waals surface area contributed by atoms with Crippen molar-refractivity contribution in [3.05, 3.63) is 99.3 Å². The van der Waals surface area contributed by atoms with Crippen molar-refractivity contribution >= 4 is 46.4 Å². The second kappa shape index (κ2) is 9.52. The molecular formula is C22H16Cl2FN3O2. The molecule has 0 fully saturated rings. The minimum Gasteiger partial charge on any atom is -0.322 e. The highest BCUT2D eigenvalue weighted by atomic mass is 35.5. The van der Waals surface area contributed by atoms with E-state index in [9.17, 15) is 14.0 Å². The van der Waals surface area contributed by atoms with Crippen molar-refractivity contribution in [2.24, 2.45) is 5.10 Å². The van der Waals surface area contributed by atoms with Gasteiger partial charge in [-0.25, -0.2) is 9.82 Å². The Bertz CT molecular complexity index is 1130. The van der Waals surface area contributed by atoms with Crippen LogP contribution in [0.3, 0.4) is 0 Å². The second-order valence-electron chi connectivity index (χ2n) is 6.27. The summed E-state index contributed by atoms with van der Waals surface area (Å²) in [5, 5.41) is 7.35.